The molecule has 2 N–H and O–H groups in total. The van der Waals surface area contributed by atoms with Crippen LogP contribution in [0.2, 0.25) is 0 Å². The van der Waals surface area contributed by atoms with Crippen molar-refractivity contribution in [1.82, 2.24) is 15.0 Å². The normalized spacial score (nSPS) is 39.2. The molecule has 2 saturated carbocycles. The zero-order valence-corrected chi connectivity index (χ0v) is 25.4. The largest absolute Gasteiger partial charge is 0.457 e. The number of ether oxygens (including phenoxy) is 3. The van der Waals surface area contributed by atoms with Crippen LogP contribution >= 0.6 is 0 Å². The average molecular weight is 582 g/mol. The maximum atomic E-state index is 14.3. The number of aromatic nitrogens is 3. The van der Waals surface area contributed by atoms with Gasteiger partial charge in [0.15, 0.2) is 17.5 Å². The van der Waals surface area contributed by atoms with Gasteiger partial charge < -0.3 is 24.4 Å². The first-order valence-corrected chi connectivity index (χ1v) is 14.6. The summed E-state index contributed by atoms with van der Waals surface area (Å²) in [4.78, 5) is 26.6. The monoisotopic (exact) mass is 581 g/mol. The summed E-state index contributed by atoms with van der Waals surface area (Å²) in [5, 5.41) is 33.4. The summed E-state index contributed by atoms with van der Waals surface area (Å²) in [6.45, 7) is 14.8. The van der Waals surface area contributed by atoms with Crippen LogP contribution in [-0.4, -0.2) is 72.1 Å². The SMILES string of the molecule is C=C[C@@]1(C)CC(=O)[C@]2(O)[C@@]3(C)[C@@H](OCc4cn(Cc5ccccc5)nn4)CCC(C)(C)[C@@H]3[C@H](O)[C@H](OC(C)=O)[C@@]2(C)O1. The number of fused-ring (bicyclic) bond motifs is 3. The first-order chi connectivity index (χ1) is 19.6. The van der Waals surface area contributed by atoms with Crippen LogP contribution in [0.25, 0.3) is 0 Å². The molecule has 3 aliphatic rings. The van der Waals surface area contributed by atoms with Gasteiger partial charge in [0.1, 0.15) is 11.3 Å². The molecular formula is C32H43N3O7. The molecular weight excluding hydrogens is 538 g/mol. The highest BCUT2D eigenvalue weighted by Crippen LogP contribution is 2.67. The fourth-order valence-corrected chi connectivity index (χ4v) is 8.33. The van der Waals surface area contributed by atoms with Crippen LogP contribution < -0.4 is 0 Å². The molecule has 10 nitrogen and oxygen atoms in total. The number of benzene rings is 1. The van der Waals surface area contributed by atoms with Crippen LogP contribution in [-0.2, 0) is 37.0 Å². The summed E-state index contributed by atoms with van der Waals surface area (Å²) in [5.74, 6) is -1.79. The third kappa shape index (κ3) is 4.54. The highest BCUT2D eigenvalue weighted by atomic mass is 16.6. The average Bonchev–Trinajstić information content (AvgIpc) is 3.36. The summed E-state index contributed by atoms with van der Waals surface area (Å²) in [5.41, 5.74) is -5.28. The molecule has 8 atom stereocenters. The van der Waals surface area contributed by atoms with Crippen molar-refractivity contribution in [3.8, 4) is 0 Å². The van der Waals surface area contributed by atoms with Crippen LogP contribution in [0.15, 0.2) is 49.2 Å². The summed E-state index contributed by atoms with van der Waals surface area (Å²) in [6.07, 6.45) is 1.15. The number of nitrogens with zero attached hydrogens (tertiary/aromatic N) is 3. The summed E-state index contributed by atoms with van der Waals surface area (Å²) < 4.78 is 20.5. The number of aliphatic hydroxyl groups is 2. The van der Waals surface area contributed by atoms with E-state index in [2.05, 4.69) is 16.9 Å². The van der Waals surface area contributed by atoms with E-state index in [0.717, 1.165) is 5.56 Å². The Labute approximate surface area is 247 Å². The molecule has 5 rings (SSSR count). The van der Waals surface area contributed by atoms with Gasteiger partial charge in [0, 0.05) is 24.7 Å². The number of esters is 1. The maximum Gasteiger partial charge on any atom is 0.303 e. The number of carbonyl (C=O) groups excluding carboxylic acids is 2. The topological polar surface area (TPSA) is 133 Å². The van der Waals surface area contributed by atoms with Crippen molar-refractivity contribution >= 4 is 11.8 Å². The third-order valence-corrected chi connectivity index (χ3v) is 10.2. The number of Topliss-reactive ketones (excluding diaryl/α,β-unsaturated/α-hetero) is 1. The van der Waals surface area contributed by atoms with Crippen LogP contribution in [0.4, 0.5) is 0 Å². The van der Waals surface area contributed by atoms with Gasteiger partial charge in [0.2, 0.25) is 0 Å². The van der Waals surface area contributed by atoms with Crippen molar-refractivity contribution < 1.29 is 34.0 Å². The van der Waals surface area contributed by atoms with E-state index >= 15 is 0 Å². The van der Waals surface area contributed by atoms with E-state index in [0.29, 0.717) is 25.1 Å². The first-order valence-electron chi connectivity index (χ1n) is 14.6. The minimum absolute atomic E-state index is 0.0951. The lowest BCUT2D eigenvalue weighted by Gasteiger charge is -2.71. The molecule has 0 spiro atoms. The first kappa shape index (κ1) is 30.5. The molecule has 42 heavy (non-hydrogen) atoms. The van der Waals surface area contributed by atoms with Crippen molar-refractivity contribution in [3.63, 3.8) is 0 Å². The van der Waals surface area contributed by atoms with Gasteiger partial charge in [-0.25, -0.2) is 4.68 Å². The molecule has 1 aliphatic heterocycles. The number of aliphatic hydroxyl groups excluding tert-OH is 1. The fraction of sp³-hybridized carbons (Fsp3) is 0.625. The summed E-state index contributed by atoms with van der Waals surface area (Å²) in [6, 6.07) is 9.92. The van der Waals surface area contributed by atoms with E-state index < -0.39 is 63.6 Å². The second-order valence-corrected chi connectivity index (χ2v) is 13.5. The van der Waals surface area contributed by atoms with Gasteiger partial charge in [0.05, 0.1) is 37.2 Å². The fourth-order valence-electron chi connectivity index (χ4n) is 8.33. The molecule has 2 aromatic rings. The molecule has 10 heteroatoms. The van der Waals surface area contributed by atoms with Crippen molar-refractivity contribution in [2.45, 2.75) is 109 Å². The van der Waals surface area contributed by atoms with Crippen molar-refractivity contribution in [2.24, 2.45) is 16.7 Å². The maximum absolute atomic E-state index is 14.3. The number of rotatable bonds is 7. The van der Waals surface area contributed by atoms with E-state index in [9.17, 15) is 19.8 Å². The van der Waals surface area contributed by atoms with Gasteiger partial charge >= 0.3 is 5.97 Å². The zero-order chi connectivity index (χ0) is 30.7. The third-order valence-electron chi connectivity index (χ3n) is 10.2. The van der Waals surface area contributed by atoms with Crippen molar-refractivity contribution in [1.29, 1.82) is 0 Å². The highest BCUT2D eigenvalue weighted by molar-refractivity contribution is 5.92. The van der Waals surface area contributed by atoms with Gasteiger partial charge in [-0.3, -0.25) is 9.59 Å². The highest BCUT2D eigenvalue weighted by Gasteiger charge is 2.81. The Bertz CT molecular complexity index is 1360. The molecule has 1 aromatic carbocycles. The van der Waals surface area contributed by atoms with E-state index in [4.69, 9.17) is 14.2 Å². The molecule has 0 amide bonds. The predicted molar refractivity (Wildman–Crippen MR) is 153 cm³/mol. The van der Waals surface area contributed by atoms with Gasteiger partial charge in [0.25, 0.3) is 0 Å². The molecule has 3 fully saturated rings. The Balaban J connectivity index is 1.53. The van der Waals surface area contributed by atoms with Crippen LogP contribution in [0.5, 0.6) is 0 Å². The van der Waals surface area contributed by atoms with E-state index in [1.807, 2.05) is 50.4 Å². The molecule has 0 radical (unpaired) electrons. The second-order valence-electron chi connectivity index (χ2n) is 13.5. The molecule has 228 valence electrons. The van der Waals surface area contributed by atoms with E-state index in [-0.39, 0.29) is 13.0 Å². The van der Waals surface area contributed by atoms with Crippen LogP contribution in [0.1, 0.15) is 72.1 Å². The molecule has 1 aromatic heterocycles. The van der Waals surface area contributed by atoms with Gasteiger partial charge in [-0.15, -0.1) is 11.7 Å². The Morgan fingerprint density at radius 3 is 2.55 bits per heavy atom. The molecule has 2 heterocycles. The number of hydrogen-bond donors (Lipinski definition) is 2. The molecule has 2 aliphatic carbocycles. The molecule has 0 unspecified atom stereocenters. The minimum Gasteiger partial charge on any atom is -0.457 e. The standard InChI is InChI=1S/C32H43N3O7/c1-8-29(5)16-23(37)32(39)30(6)24(40-19-22-18-35(34-33-22)17-21-12-10-9-11-13-21)14-15-28(3,4)26(30)25(38)27(41-20(2)36)31(32,7)42-29/h8-13,18,24-27,38-39H,1,14-17,19H2,2-7H3/t24-,25-,26-,27-,29-,30-,31+,32-/m0/s1. The Hall–Kier alpha value is -2.92. The zero-order valence-electron chi connectivity index (χ0n) is 25.4. The Morgan fingerprint density at radius 1 is 1.21 bits per heavy atom. The lowest BCUT2D eigenvalue weighted by molar-refractivity contribution is -0.373. The summed E-state index contributed by atoms with van der Waals surface area (Å²) in [7, 11) is 0. The Morgan fingerprint density at radius 2 is 1.90 bits per heavy atom. The molecule has 1 saturated heterocycles. The minimum atomic E-state index is -2.17. The van der Waals surface area contributed by atoms with E-state index in [1.54, 1.807) is 25.5 Å². The molecule has 0 bridgehead atoms. The van der Waals surface area contributed by atoms with Crippen molar-refractivity contribution in [2.75, 3.05) is 0 Å². The van der Waals surface area contributed by atoms with Crippen LogP contribution in [0, 0.1) is 16.7 Å². The van der Waals surface area contributed by atoms with Crippen molar-refractivity contribution in [3.05, 3.63) is 60.4 Å². The quantitative estimate of drug-likeness (QED) is 0.373. The van der Waals surface area contributed by atoms with Gasteiger partial charge in [-0.05, 0) is 37.7 Å². The lowest BCUT2D eigenvalue weighted by atomic mass is 9.39. The van der Waals surface area contributed by atoms with Gasteiger partial charge in [-0.1, -0.05) is 62.4 Å². The number of hydrogen-bond acceptors (Lipinski definition) is 9. The predicted octanol–water partition coefficient (Wildman–Crippen LogP) is 3.38. The number of ketones is 1. The summed E-state index contributed by atoms with van der Waals surface area (Å²) >= 11 is 0. The van der Waals surface area contributed by atoms with Crippen LogP contribution in [0.3, 0.4) is 0 Å². The van der Waals surface area contributed by atoms with Gasteiger partial charge in [-0.2, -0.15) is 0 Å². The Kier molecular flexibility index (Phi) is 7.53. The number of carbonyl (C=O) groups is 2. The second kappa shape index (κ2) is 10.4. The smallest absolute Gasteiger partial charge is 0.303 e. The lowest BCUT2D eigenvalue weighted by Crippen LogP contribution is -2.86. The van der Waals surface area contributed by atoms with E-state index in [1.165, 1.54) is 13.0 Å².